The van der Waals surface area contributed by atoms with Crippen molar-refractivity contribution in [3.8, 4) is 0 Å². The summed E-state index contributed by atoms with van der Waals surface area (Å²) in [6.45, 7) is 3.31. The van der Waals surface area contributed by atoms with Crippen LogP contribution in [-0.4, -0.2) is 24.1 Å². The molecule has 0 unspecified atom stereocenters. The summed E-state index contributed by atoms with van der Waals surface area (Å²) in [6.07, 6.45) is 11.4. The number of nitrogens with one attached hydrogen (secondary N) is 1. The quantitative estimate of drug-likeness (QED) is 0.864. The topological polar surface area (TPSA) is 28.2 Å². The number of rotatable bonds is 6. The molecule has 0 aromatic carbocycles. The fourth-order valence-corrected chi connectivity index (χ4v) is 3.44. The monoisotopic (exact) mass is 287 g/mol. The molecule has 3 heteroatoms. The van der Waals surface area contributed by atoms with Gasteiger partial charge in [0.05, 0.1) is 0 Å². The van der Waals surface area contributed by atoms with Crippen LogP contribution in [-0.2, 0) is 6.54 Å². The first-order chi connectivity index (χ1) is 10.3. The lowest BCUT2D eigenvalue weighted by Crippen LogP contribution is -2.35. The molecule has 2 aliphatic carbocycles. The molecule has 0 spiro atoms. The Hall–Kier alpha value is -1.09. The van der Waals surface area contributed by atoms with Crippen LogP contribution in [0.15, 0.2) is 18.3 Å². The van der Waals surface area contributed by atoms with E-state index in [1.54, 1.807) is 0 Å². The minimum Gasteiger partial charge on any atom is -0.357 e. The zero-order chi connectivity index (χ0) is 14.7. The maximum Gasteiger partial charge on any atom is 0.128 e. The Morgan fingerprint density at radius 3 is 2.62 bits per heavy atom. The molecule has 3 rings (SSSR count). The van der Waals surface area contributed by atoms with Crippen LogP contribution in [0.1, 0.15) is 57.4 Å². The smallest absolute Gasteiger partial charge is 0.128 e. The van der Waals surface area contributed by atoms with E-state index in [0.29, 0.717) is 6.04 Å². The van der Waals surface area contributed by atoms with Crippen LogP contribution < -0.4 is 10.2 Å². The van der Waals surface area contributed by atoms with Crippen molar-refractivity contribution in [2.24, 2.45) is 5.92 Å². The van der Waals surface area contributed by atoms with E-state index in [1.165, 1.54) is 50.5 Å². The van der Waals surface area contributed by atoms with Gasteiger partial charge in [-0.2, -0.15) is 0 Å². The highest BCUT2D eigenvalue weighted by atomic mass is 15.2. The second kappa shape index (κ2) is 6.78. The Bertz CT molecular complexity index is 448. The molecule has 1 aromatic rings. The van der Waals surface area contributed by atoms with Crippen molar-refractivity contribution in [3.63, 3.8) is 0 Å². The highest BCUT2D eigenvalue weighted by Gasteiger charge is 2.24. The van der Waals surface area contributed by atoms with Crippen molar-refractivity contribution in [1.29, 1.82) is 0 Å². The van der Waals surface area contributed by atoms with Crippen LogP contribution in [0.25, 0.3) is 0 Å². The summed E-state index contributed by atoms with van der Waals surface area (Å²) < 4.78 is 0. The summed E-state index contributed by atoms with van der Waals surface area (Å²) in [7, 11) is 2.22. The lowest BCUT2D eigenvalue weighted by molar-refractivity contribution is 0.313. The van der Waals surface area contributed by atoms with Gasteiger partial charge in [-0.25, -0.2) is 4.98 Å². The molecular formula is C18H29N3. The second-order valence-corrected chi connectivity index (χ2v) is 6.87. The van der Waals surface area contributed by atoms with E-state index in [2.05, 4.69) is 41.3 Å². The number of pyridine rings is 1. The molecule has 0 atom stereocenters. The van der Waals surface area contributed by atoms with Crippen LogP contribution >= 0.6 is 0 Å². The predicted molar refractivity (Wildman–Crippen MR) is 88.5 cm³/mol. The van der Waals surface area contributed by atoms with Crippen molar-refractivity contribution >= 4 is 5.82 Å². The molecule has 0 aliphatic heterocycles. The summed E-state index contributed by atoms with van der Waals surface area (Å²) in [5, 5.41) is 3.59. The average molecular weight is 287 g/mol. The van der Waals surface area contributed by atoms with Crippen molar-refractivity contribution in [2.75, 3.05) is 11.9 Å². The Kier molecular flexibility index (Phi) is 4.79. The Morgan fingerprint density at radius 2 is 1.95 bits per heavy atom. The van der Waals surface area contributed by atoms with Crippen LogP contribution in [0, 0.1) is 5.92 Å². The molecule has 0 saturated heterocycles. The number of nitrogens with zero attached hydrogens (tertiary/aromatic N) is 2. The lowest BCUT2D eigenvalue weighted by Gasteiger charge is -2.35. The molecule has 1 N–H and O–H groups in total. The summed E-state index contributed by atoms with van der Waals surface area (Å²) in [5.74, 6) is 2.10. The summed E-state index contributed by atoms with van der Waals surface area (Å²) in [6, 6.07) is 5.85. The van der Waals surface area contributed by atoms with Gasteiger partial charge in [0.2, 0.25) is 0 Å². The standard InChI is InChI=1S/C18H29N3/c1-3-14-4-8-17(9-5-14)21(2)18-12-15(10-11-19-18)13-20-16-6-7-16/h10-12,14,16-17,20H,3-9,13H2,1-2H3. The zero-order valence-corrected chi connectivity index (χ0v) is 13.5. The van der Waals surface area contributed by atoms with Crippen molar-refractivity contribution in [1.82, 2.24) is 10.3 Å². The van der Waals surface area contributed by atoms with E-state index in [4.69, 9.17) is 0 Å². The van der Waals surface area contributed by atoms with Gasteiger partial charge < -0.3 is 10.2 Å². The first-order valence-corrected chi connectivity index (χ1v) is 8.67. The first kappa shape index (κ1) is 14.8. The van der Waals surface area contributed by atoms with Gasteiger partial charge in [-0.3, -0.25) is 0 Å². The molecule has 2 saturated carbocycles. The van der Waals surface area contributed by atoms with E-state index in [-0.39, 0.29) is 0 Å². The van der Waals surface area contributed by atoms with Gasteiger partial charge in [0.1, 0.15) is 5.82 Å². The largest absolute Gasteiger partial charge is 0.357 e. The van der Waals surface area contributed by atoms with Crippen molar-refractivity contribution in [2.45, 2.75) is 70.5 Å². The third-order valence-corrected chi connectivity index (χ3v) is 5.28. The van der Waals surface area contributed by atoms with E-state index in [1.807, 2.05) is 6.20 Å². The molecule has 1 aromatic heterocycles. The van der Waals surface area contributed by atoms with Crippen molar-refractivity contribution < 1.29 is 0 Å². The Morgan fingerprint density at radius 1 is 1.19 bits per heavy atom. The summed E-state index contributed by atoms with van der Waals surface area (Å²) in [4.78, 5) is 7.00. The third-order valence-electron chi connectivity index (χ3n) is 5.28. The Labute approximate surface area is 129 Å². The molecule has 21 heavy (non-hydrogen) atoms. The fraction of sp³-hybridized carbons (Fsp3) is 0.722. The van der Waals surface area contributed by atoms with Crippen LogP contribution in [0.3, 0.4) is 0 Å². The Balaban J connectivity index is 1.58. The number of hydrogen-bond donors (Lipinski definition) is 1. The first-order valence-electron chi connectivity index (χ1n) is 8.67. The fourth-order valence-electron chi connectivity index (χ4n) is 3.44. The van der Waals surface area contributed by atoms with E-state index in [9.17, 15) is 0 Å². The third kappa shape index (κ3) is 3.97. The minimum atomic E-state index is 0.673. The van der Waals surface area contributed by atoms with Crippen LogP contribution in [0.5, 0.6) is 0 Å². The van der Waals surface area contributed by atoms with Gasteiger partial charge in [0.25, 0.3) is 0 Å². The van der Waals surface area contributed by atoms with Gasteiger partial charge in [-0.1, -0.05) is 13.3 Å². The molecule has 116 valence electrons. The van der Waals surface area contributed by atoms with Crippen LogP contribution in [0.2, 0.25) is 0 Å². The highest BCUT2D eigenvalue weighted by molar-refractivity contribution is 5.41. The van der Waals surface area contributed by atoms with Gasteiger partial charge in [-0.05, 0) is 62.1 Å². The highest BCUT2D eigenvalue weighted by Crippen LogP contribution is 2.30. The van der Waals surface area contributed by atoms with Gasteiger partial charge >= 0.3 is 0 Å². The number of aromatic nitrogens is 1. The van der Waals surface area contributed by atoms with E-state index >= 15 is 0 Å². The zero-order valence-electron chi connectivity index (χ0n) is 13.5. The maximum absolute atomic E-state index is 4.59. The molecule has 2 aliphatic rings. The van der Waals surface area contributed by atoms with Crippen molar-refractivity contribution in [3.05, 3.63) is 23.9 Å². The predicted octanol–water partition coefficient (Wildman–Crippen LogP) is 3.74. The summed E-state index contributed by atoms with van der Waals surface area (Å²) >= 11 is 0. The van der Waals surface area contributed by atoms with E-state index in [0.717, 1.165) is 24.3 Å². The molecule has 1 heterocycles. The normalized spacial score (nSPS) is 25.8. The molecule has 2 fully saturated rings. The molecule has 0 radical (unpaired) electrons. The number of hydrogen-bond acceptors (Lipinski definition) is 3. The van der Waals surface area contributed by atoms with Gasteiger partial charge in [0.15, 0.2) is 0 Å². The summed E-state index contributed by atoms with van der Waals surface area (Å²) in [5.41, 5.74) is 1.36. The van der Waals surface area contributed by atoms with E-state index < -0.39 is 0 Å². The molecule has 3 nitrogen and oxygen atoms in total. The van der Waals surface area contributed by atoms with Gasteiger partial charge in [0, 0.05) is 31.9 Å². The minimum absolute atomic E-state index is 0.673. The van der Waals surface area contributed by atoms with Crippen LogP contribution in [0.4, 0.5) is 5.82 Å². The van der Waals surface area contributed by atoms with Gasteiger partial charge in [-0.15, -0.1) is 0 Å². The maximum atomic E-state index is 4.59. The average Bonchev–Trinajstić information content (AvgIpc) is 3.37. The lowest BCUT2D eigenvalue weighted by atomic mass is 9.84. The SMILES string of the molecule is CCC1CCC(N(C)c2cc(CNC3CC3)ccn2)CC1. The molecular weight excluding hydrogens is 258 g/mol. The number of anilines is 1. The molecule has 0 bridgehead atoms. The molecule has 0 amide bonds. The second-order valence-electron chi connectivity index (χ2n) is 6.87.